The highest BCUT2D eigenvalue weighted by Crippen LogP contribution is 2.37. The predicted octanol–water partition coefficient (Wildman–Crippen LogP) is -1.98. The lowest BCUT2D eigenvalue weighted by Gasteiger charge is -2.29. The summed E-state index contributed by atoms with van der Waals surface area (Å²) in [5.41, 5.74) is 1.53. The first-order chi connectivity index (χ1) is 11.2. The van der Waals surface area contributed by atoms with E-state index in [0.717, 1.165) is 10.9 Å². The van der Waals surface area contributed by atoms with Crippen molar-refractivity contribution in [1.82, 2.24) is 9.88 Å². The summed E-state index contributed by atoms with van der Waals surface area (Å²) in [6, 6.07) is 1.85. The normalized spacial score (nSPS) is 30.0. The molecule has 0 bridgehead atoms. The Morgan fingerprint density at radius 2 is 2.17 bits per heavy atom. The molecular weight excluding hydrogens is 341 g/mol. The highest BCUT2D eigenvalue weighted by Gasteiger charge is 2.46. The predicted molar refractivity (Wildman–Crippen MR) is 80.4 cm³/mol. The summed E-state index contributed by atoms with van der Waals surface area (Å²) in [6.45, 7) is 5.10. The zero-order chi connectivity index (χ0) is 17.6. The number of aliphatic hydroxyl groups excluding tert-OH is 2. The van der Waals surface area contributed by atoms with E-state index >= 15 is 0 Å². The molecule has 0 radical (unpaired) electrons. The second-order valence-corrected chi connectivity index (χ2v) is 6.89. The smallest absolute Gasteiger partial charge is 0.387 e. The van der Waals surface area contributed by atoms with Crippen LogP contribution in [-0.4, -0.2) is 61.0 Å². The van der Waals surface area contributed by atoms with Crippen molar-refractivity contribution in [2.45, 2.75) is 31.5 Å². The zero-order valence-corrected chi connectivity index (χ0v) is 13.6. The van der Waals surface area contributed by atoms with Gasteiger partial charge in [0.15, 0.2) is 6.23 Å². The van der Waals surface area contributed by atoms with Gasteiger partial charge in [-0.1, -0.05) is 6.58 Å². The highest BCUT2D eigenvalue weighted by molar-refractivity contribution is 7.46. The van der Waals surface area contributed by atoms with Crippen molar-refractivity contribution in [2.75, 3.05) is 6.61 Å². The minimum absolute atomic E-state index is 0.289. The number of aromatic amines is 1. The lowest BCUT2D eigenvalue weighted by Crippen LogP contribution is -2.44. The monoisotopic (exact) mass is 359 g/mol. The Bertz CT molecular complexity index is 816. The molecule has 1 fully saturated rings. The number of phosphoric ester groups is 1. The quantitative estimate of drug-likeness (QED) is 0.389. The number of hydrogen-bond acceptors (Lipinski definition) is 7. The van der Waals surface area contributed by atoms with E-state index in [4.69, 9.17) is 14.5 Å². The molecule has 0 saturated carbocycles. The first-order valence-corrected chi connectivity index (χ1v) is 8.64. The maximum Gasteiger partial charge on any atom is 0.469 e. The van der Waals surface area contributed by atoms with Crippen LogP contribution in [0.1, 0.15) is 5.69 Å². The molecular formula is C13H18N3O7P. The summed E-state index contributed by atoms with van der Waals surface area (Å²) >= 11 is 0. The van der Waals surface area contributed by atoms with Gasteiger partial charge in [0.1, 0.15) is 29.6 Å². The molecule has 24 heavy (non-hydrogen) atoms. The van der Waals surface area contributed by atoms with E-state index in [2.05, 4.69) is 21.1 Å². The molecule has 0 aromatic carbocycles. The van der Waals surface area contributed by atoms with E-state index in [-0.39, 0.29) is 5.82 Å². The van der Waals surface area contributed by atoms with Gasteiger partial charge in [0.05, 0.1) is 6.61 Å². The van der Waals surface area contributed by atoms with Crippen molar-refractivity contribution in [3.05, 3.63) is 34.9 Å². The van der Waals surface area contributed by atoms with Gasteiger partial charge < -0.3 is 34.6 Å². The number of phosphoric acid groups is 1. The molecule has 10 nitrogen and oxygen atoms in total. The number of ether oxygens (including phenoxy) is 1. The van der Waals surface area contributed by atoms with E-state index in [1.54, 1.807) is 6.20 Å². The van der Waals surface area contributed by atoms with Crippen LogP contribution in [0.3, 0.4) is 0 Å². The third kappa shape index (κ3) is 3.31. The Labute approximate surface area is 136 Å². The molecule has 5 N–H and O–H groups in total. The van der Waals surface area contributed by atoms with Crippen molar-refractivity contribution in [2.24, 2.45) is 4.99 Å². The van der Waals surface area contributed by atoms with Gasteiger partial charge in [-0.3, -0.25) is 4.52 Å². The van der Waals surface area contributed by atoms with Gasteiger partial charge in [0.2, 0.25) is 0 Å². The Balaban J connectivity index is 1.81. The van der Waals surface area contributed by atoms with Gasteiger partial charge in [0, 0.05) is 17.1 Å². The number of hydrogen-bond donors (Lipinski definition) is 5. The van der Waals surface area contributed by atoms with Crippen molar-refractivity contribution in [3.63, 3.8) is 0 Å². The average Bonchev–Trinajstić information content (AvgIpc) is 2.96. The summed E-state index contributed by atoms with van der Waals surface area (Å²) in [6.07, 6.45) is -3.16. The Hall–Kier alpha value is -1.52. The molecule has 0 unspecified atom stereocenters. The molecule has 1 aromatic rings. The fourth-order valence-corrected chi connectivity index (χ4v) is 3.03. The van der Waals surface area contributed by atoms with Gasteiger partial charge in [-0.15, -0.1) is 0 Å². The number of nitrogens with zero attached hydrogens (tertiary/aromatic N) is 2. The molecule has 2 aliphatic rings. The summed E-state index contributed by atoms with van der Waals surface area (Å²) in [5.74, 6) is 0.289. The molecule has 4 atom stereocenters. The van der Waals surface area contributed by atoms with Crippen LogP contribution in [0.25, 0.3) is 6.20 Å². The van der Waals surface area contributed by atoms with Crippen LogP contribution in [0, 0.1) is 6.92 Å². The number of aliphatic hydroxyl groups is 2. The second-order valence-electron chi connectivity index (χ2n) is 5.65. The van der Waals surface area contributed by atoms with Crippen LogP contribution in [-0.2, 0) is 13.8 Å². The number of aryl methyl sites for hydroxylation is 1. The average molecular weight is 359 g/mol. The number of rotatable bonds is 4. The molecule has 1 aromatic heterocycles. The Morgan fingerprint density at radius 1 is 1.46 bits per heavy atom. The zero-order valence-electron chi connectivity index (χ0n) is 12.7. The van der Waals surface area contributed by atoms with Gasteiger partial charge in [-0.25, -0.2) is 9.56 Å². The molecule has 3 heterocycles. The van der Waals surface area contributed by atoms with Crippen LogP contribution in [0.5, 0.6) is 0 Å². The van der Waals surface area contributed by atoms with Gasteiger partial charge >= 0.3 is 7.82 Å². The number of nitrogens with one attached hydrogen (secondary N) is 1. The van der Waals surface area contributed by atoms with Crippen LogP contribution in [0.2, 0.25) is 0 Å². The third-order valence-corrected chi connectivity index (χ3v) is 4.28. The molecule has 1 saturated heterocycles. The number of fused-ring (bicyclic) bond motifs is 1. The number of aromatic nitrogens is 1. The summed E-state index contributed by atoms with van der Waals surface area (Å²) < 4.78 is 20.6. The van der Waals surface area contributed by atoms with Crippen molar-refractivity contribution in [1.29, 1.82) is 0 Å². The van der Waals surface area contributed by atoms with Crippen molar-refractivity contribution in [3.8, 4) is 0 Å². The molecule has 132 valence electrons. The maximum atomic E-state index is 10.8. The summed E-state index contributed by atoms with van der Waals surface area (Å²) in [7, 11) is -4.70. The second kappa shape index (κ2) is 6.08. The van der Waals surface area contributed by atoms with Crippen molar-refractivity contribution < 1.29 is 33.8 Å². The summed E-state index contributed by atoms with van der Waals surface area (Å²) in [4.78, 5) is 26.3. The minimum atomic E-state index is -4.70. The molecule has 0 spiro atoms. The van der Waals surface area contributed by atoms with E-state index in [1.807, 2.05) is 13.0 Å². The van der Waals surface area contributed by atoms with Crippen LogP contribution in [0.15, 0.2) is 23.5 Å². The maximum absolute atomic E-state index is 10.8. The highest BCUT2D eigenvalue weighted by atomic mass is 31.2. The fraction of sp³-hybridized carbons (Fsp3) is 0.462. The van der Waals surface area contributed by atoms with Gasteiger partial charge in [-0.05, 0) is 13.0 Å². The molecule has 0 amide bonds. The standard InChI is InChI=1S/C13H18N3O7P/c1-6-3-8-4-16(7(2)15-12(8)14-6)13-11(18)10(17)9(23-13)5-22-24(19,20)21/h3-4,9-11,13,17-18H,2,5H2,1H3,(H,14,15)(H2,19,20,21)/t9-,10-,11-,13-/m1/s1. The van der Waals surface area contributed by atoms with E-state index in [1.165, 1.54) is 4.90 Å². The Morgan fingerprint density at radius 3 is 2.83 bits per heavy atom. The molecule has 2 aliphatic heterocycles. The van der Waals surface area contributed by atoms with Gasteiger partial charge in [0.25, 0.3) is 0 Å². The summed E-state index contributed by atoms with van der Waals surface area (Å²) in [5, 5.41) is 21.0. The first-order valence-electron chi connectivity index (χ1n) is 7.11. The first kappa shape index (κ1) is 17.3. The lowest BCUT2D eigenvalue weighted by atomic mass is 10.1. The SMILES string of the molecule is C=C1N=c2[nH]c(C)cc2=CN1[C@@H]1O[C@H](COP(=O)(O)O)[C@@H](O)[C@H]1O. The van der Waals surface area contributed by atoms with Gasteiger partial charge in [-0.2, -0.15) is 0 Å². The fourth-order valence-electron chi connectivity index (χ4n) is 2.69. The van der Waals surface area contributed by atoms with E-state index in [9.17, 15) is 14.8 Å². The van der Waals surface area contributed by atoms with E-state index in [0.29, 0.717) is 5.49 Å². The van der Waals surface area contributed by atoms with Crippen LogP contribution < -0.4 is 10.7 Å². The lowest BCUT2D eigenvalue weighted by molar-refractivity contribution is -0.0633. The topological polar surface area (TPSA) is 148 Å². The largest absolute Gasteiger partial charge is 0.469 e. The third-order valence-electron chi connectivity index (χ3n) is 3.80. The Kier molecular flexibility index (Phi) is 4.39. The molecule has 0 aliphatic carbocycles. The van der Waals surface area contributed by atoms with Crippen molar-refractivity contribution >= 4 is 14.0 Å². The molecule has 3 rings (SSSR count). The number of H-pyrrole nitrogens is 1. The minimum Gasteiger partial charge on any atom is -0.387 e. The van der Waals surface area contributed by atoms with Crippen LogP contribution >= 0.6 is 7.82 Å². The van der Waals surface area contributed by atoms with E-state index < -0.39 is 39.0 Å². The van der Waals surface area contributed by atoms with Crippen LogP contribution in [0.4, 0.5) is 0 Å². The molecule has 11 heteroatoms.